The van der Waals surface area contributed by atoms with E-state index in [2.05, 4.69) is 4.72 Å². The first kappa shape index (κ1) is 16.6. The number of rotatable bonds is 6. The second-order valence-corrected chi connectivity index (χ2v) is 6.26. The Labute approximate surface area is 120 Å². The fraction of sp³-hybridized carbons (Fsp3) is 0.462. The van der Waals surface area contributed by atoms with Gasteiger partial charge in [0.15, 0.2) is 0 Å². The predicted octanol–water partition coefficient (Wildman–Crippen LogP) is 0.290. The first-order chi connectivity index (χ1) is 9.31. The van der Waals surface area contributed by atoms with Crippen LogP contribution in [-0.4, -0.2) is 38.9 Å². The number of benzene rings is 1. The first-order valence-corrected chi connectivity index (χ1v) is 7.86. The molecule has 0 bridgehead atoms. The van der Waals surface area contributed by atoms with Crippen molar-refractivity contribution in [3.8, 4) is 0 Å². The minimum atomic E-state index is -3.71. The van der Waals surface area contributed by atoms with E-state index in [1.54, 1.807) is 19.2 Å². The molecule has 20 heavy (non-hydrogen) atoms. The number of carbonyl (C=O) groups is 1. The molecule has 0 radical (unpaired) electrons. The maximum atomic E-state index is 12.1. The van der Waals surface area contributed by atoms with Crippen molar-refractivity contribution in [1.82, 2.24) is 9.62 Å². The lowest BCUT2D eigenvalue weighted by atomic mass is 10.2. The fourth-order valence-corrected chi connectivity index (χ4v) is 2.84. The van der Waals surface area contributed by atoms with Crippen LogP contribution in [0.1, 0.15) is 19.4 Å². The van der Waals surface area contributed by atoms with Gasteiger partial charge in [-0.15, -0.1) is 0 Å². The van der Waals surface area contributed by atoms with Crippen molar-refractivity contribution in [3.63, 3.8) is 0 Å². The molecule has 112 valence electrons. The minimum Gasteiger partial charge on any atom is -0.345 e. The number of carbonyl (C=O) groups excluding carboxylic acids is 1. The highest BCUT2D eigenvalue weighted by atomic mass is 32.2. The summed E-state index contributed by atoms with van der Waals surface area (Å²) in [7, 11) is -2.08. The Morgan fingerprint density at radius 2 is 1.90 bits per heavy atom. The van der Waals surface area contributed by atoms with Crippen molar-refractivity contribution in [2.24, 2.45) is 5.73 Å². The van der Waals surface area contributed by atoms with Crippen LogP contribution in [0.2, 0.25) is 0 Å². The molecule has 1 atom stereocenters. The van der Waals surface area contributed by atoms with Crippen molar-refractivity contribution < 1.29 is 13.2 Å². The summed E-state index contributed by atoms with van der Waals surface area (Å²) in [6, 6.07) is 5.45. The van der Waals surface area contributed by atoms with Crippen LogP contribution >= 0.6 is 0 Å². The number of nitrogens with one attached hydrogen (secondary N) is 1. The van der Waals surface area contributed by atoms with E-state index in [-0.39, 0.29) is 10.8 Å². The number of amides is 1. The fourth-order valence-electron chi connectivity index (χ4n) is 1.64. The number of hydrogen-bond donors (Lipinski definition) is 2. The van der Waals surface area contributed by atoms with Gasteiger partial charge in [0, 0.05) is 20.1 Å². The summed E-state index contributed by atoms with van der Waals surface area (Å²) in [5.74, 6) is -0.269. The van der Waals surface area contributed by atoms with Crippen LogP contribution in [0.4, 0.5) is 0 Å². The number of sulfonamides is 1. The highest BCUT2D eigenvalue weighted by Gasteiger charge is 2.23. The molecule has 0 heterocycles. The molecule has 3 N–H and O–H groups in total. The summed E-state index contributed by atoms with van der Waals surface area (Å²) in [5.41, 5.74) is 6.31. The third kappa shape index (κ3) is 4.03. The van der Waals surface area contributed by atoms with Crippen LogP contribution in [0.3, 0.4) is 0 Å². The summed E-state index contributed by atoms with van der Waals surface area (Å²) in [6.45, 7) is 4.23. The Kier molecular flexibility index (Phi) is 5.67. The Balaban J connectivity index is 2.86. The SMILES string of the molecule is CCN(C)C(=O)C(C)NS(=O)(=O)c1ccc(CN)cc1. The van der Waals surface area contributed by atoms with Crippen LogP contribution in [0.15, 0.2) is 29.2 Å². The summed E-state index contributed by atoms with van der Waals surface area (Å²) >= 11 is 0. The highest BCUT2D eigenvalue weighted by Crippen LogP contribution is 2.11. The largest absolute Gasteiger partial charge is 0.345 e. The maximum Gasteiger partial charge on any atom is 0.241 e. The van der Waals surface area contributed by atoms with E-state index in [4.69, 9.17) is 5.73 Å². The third-order valence-corrected chi connectivity index (χ3v) is 4.58. The van der Waals surface area contributed by atoms with Crippen molar-refractivity contribution >= 4 is 15.9 Å². The zero-order chi connectivity index (χ0) is 15.3. The quantitative estimate of drug-likeness (QED) is 0.789. The number of nitrogens with zero attached hydrogens (tertiary/aromatic N) is 1. The molecule has 0 saturated carbocycles. The molecule has 1 amide bonds. The molecule has 7 heteroatoms. The van der Waals surface area contributed by atoms with E-state index < -0.39 is 16.1 Å². The summed E-state index contributed by atoms with van der Waals surface area (Å²) in [4.78, 5) is 13.4. The van der Waals surface area contributed by atoms with Gasteiger partial charge in [-0.3, -0.25) is 4.79 Å². The Bertz CT molecular complexity index is 555. The van der Waals surface area contributed by atoms with E-state index in [1.807, 2.05) is 6.92 Å². The molecule has 1 aromatic rings. The van der Waals surface area contributed by atoms with Gasteiger partial charge in [0.2, 0.25) is 15.9 Å². The van der Waals surface area contributed by atoms with Gasteiger partial charge in [0.05, 0.1) is 10.9 Å². The minimum absolute atomic E-state index is 0.119. The van der Waals surface area contributed by atoms with Gasteiger partial charge >= 0.3 is 0 Å². The molecule has 1 rings (SSSR count). The zero-order valence-corrected chi connectivity index (χ0v) is 12.8. The number of nitrogens with two attached hydrogens (primary N) is 1. The topological polar surface area (TPSA) is 92.5 Å². The van der Waals surface area contributed by atoms with E-state index in [0.717, 1.165) is 5.56 Å². The smallest absolute Gasteiger partial charge is 0.241 e. The lowest BCUT2D eigenvalue weighted by Crippen LogP contribution is -2.45. The monoisotopic (exact) mass is 299 g/mol. The molecule has 1 aromatic carbocycles. The molecule has 0 aliphatic carbocycles. The number of likely N-dealkylation sites (N-methyl/N-ethyl adjacent to an activating group) is 1. The van der Waals surface area contributed by atoms with E-state index in [9.17, 15) is 13.2 Å². The van der Waals surface area contributed by atoms with Crippen LogP contribution < -0.4 is 10.5 Å². The maximum absolute atomic E-state index is 12.1. The third-order valence-electron chi connectivity index (χ3n) is 3.02. The van der Waals surface area contributed by atoms with Gasteiger partial charge in [-0.1, -0.05) is 12.1 Å². The second kappa shape index (κ2) is 6.83. The van der Waals surface area contributed by atoms with E-state index in [1.165, 1.54) is 24.0 Å². The normalized spacial score (nSPS) is 13.0. The summed E-state index contributed by atoms with van der Waals surface area (Å²) in [5, 5.41) is 0. The standard InChI is InChI=1S/C13H21N3O3S/c1-4-16(3)13(17)10(2)15-20(18,19)12-7-5-11(9-14)6-8-12/h5-8,10,15H,4,9,14H2,1-3H3. The van der Waals surface area contributed by atoms with Crippen LogP contribution in [0.25, 0.3) is 0 Å². The lowest BCUT2D eigenvalue weighted by molar-refractivity contribution is -0.131. The average molecular weight is 299 g/mol. The molecule has 6 nitrogen and oxygen atoms in total. The van der Waals surface area contributed by atoms with Gasteiger partial charge < -0.3 is 10.6 Å². The van der Waals surface area contributed by atoms with Crippen LogP contribution in [0, 0.1) is 0 Å². The average Bonchev–Trinajstić information content (AvgIpc) is 2.45. The van der Waals surface area contributed by atoms with Gasteiger partial charge in [-0.2, -0.15) is 4.72 Å². The highest BCUT2D eigenvalue weighted by molar-refractivity contribution is 7.89. The molecule has 0 saturated heterocycles. The summed E-state index contributed by atoms with van der Waals surface area (Å²) < 4.78 is 26.7. The van der Waals surface area contributed by atoms with Crippen molar-refractivity contribution in [2.75, 3.05) is 13.6 Å². The van der Waals surface area contributed by atoms with Gasteiger partial charge in [-0.25, -0.2) is 8.42 Å². The predicted molar refractivity (Wildman–Crippen MR) is 77.4 cm³/mol. The molecule has 1 unspecified atom stereocenters. The molecular formula is C13H21N3O3S. The van der Waals surface area contributed by atoms with Gasteiger partial charge in [0.1, 0.15) is 0 Å². The summed E-state index contributed by atoms with van der Waals surface area (Å²) in [6.07, 6.45) is 0. The molecule has 0 aliphatic heterocycles. The second-order valence-electron chi connectivity index (χ2n) is 4.54. The molecule has 0 aromatic heterocycles. The Hall–Kier alpha value is -1.44. The van der Waals surface area contributed by atoms with Crippen molar-refractivity contribution in [2.45, 2.75) is 31.3 Å². The van der Waals surface area contributed by atoms with Crippen molar-refractivity contribution in [3.05, 3.63) is 29.8 Å². The molecule has 0 fully saturated rings. The van der Waals surface area contributed by atoms with Gasteiger partial charge in [0.25, 0.3) is 0 Å². The van der Waals surface area contributed by atoms with E-state index in [0.29, 0.717) is 13.1 Å². The molecule has 0 spiro atoms. The van der Waals surface area contributed by atoms with Crippen LogP contribution in [0.5, 0.6) is 0 Å². The molecular weight excluding hydrogens is 278 g/mol. The van der Waals surface area contributed by atoms with Crippen molar-refractivity contribution in [1.29, 1.82) is 0 Å². The lowest BCUT2D eigenvalue weighted by Gasteiger charge is -2.20. The van der Waals surface area contributed by atoms with Gasteiger partial charge in [-0.05, 0) is 31.5 Å². The Morgan fingerprint density at radius 3 is 2.35 bits per heavy atom. The first-order valence-electron chi connectivity index (χ1n) is 6.38. The zero-order valence-electron chi connectivity index (χ0n) is 12.0. The van der Waals surface area contributed by atoms with Crippen LogP contribution in [-0.2, 0) is 21.4 Å². The number of hydrogen-bond acceptors (Lipinski definition) is 4. The molecule has 0 aliphatic rings. The Morgan fingerprint density at radius 1 is 1.35 bits per heavy atom. The van der Waals surface area contributed by atoms with E-state index >= 15 is 0 Å².